The molecule has 1 fully saturated rings. The van der Waals surface area contributed by atoms with E-state index in [1.54, 1.807) is 0 Å². The van der Waals surface area contributed by atoms with E-state index in [2.05, 4.69) is 25.3 Å². The molecule has 4 rings (SSSR count). The third-order valence-electron chi connectivity index (χ3n) is 4.95. The number of para-hydroxylation sites is 1. The molecule has 9 nitrogen and oxygen atoms in total. The zero-order chi connectivity index (χ0) is 21.3. The molecule has 0 spiro atoms. The molecule has 154 valence electrons. The average molecular weight is 406 g/mol. The second-order valence-electron chi connectivity index (χ2n) is 7.24. The third-order valence-corrected chi connectivity index (χ3v) is 4.95. The first-order valence-electron chi connectivity index (χ1n) is 9.66. The van der Waals surface area contributed by atoms with Crippen LogP contribution in [0.3, 0.4) is 0 Å². The zero-order valence-electron chi connectivity index (χ0n) is 16.7. The fourth-order valence-corrected chi connectivity index (χ4v) is 3.65. The van der Waals surface area contributed by atoms with Gasteiger partial charge >= 0.3 is 5.97 Å². The normalized spacial score (nSPS) is 17.7. The lowest BCUT2D eigenvalue weighted by molar-refractivity contribution is -0.139. The molecular weight excluding hydrogens is 384 g/mol. The fourth-order valence-electron chi connectivity index (χ4n) is 3.65. The number of amides is 1. The Kier molecular flexibility index (Phi) is 5.18. The predicted molar refractivity (Wildman–Crippen MR) is 112 cm³/mol. The molecule has 9 heteroatoms. The number of aromatic nitrogens is 3. The van der Waals surface area contributed by atoms with Crippen LogP contribution in [0.25, 0.3) is 10.9 Å². The molecule has 1 aromatic carbocycles. The van der Waals surface area contributed by atoms with Crippen LogP contribution in [-0.2, 0) is 16.0 Å². The number of carbonyl (C=O) groups is 2. The van der Waals surface area contributed by atoms with Gasteiger partial charge in [0.25, 0.3) is 5.91 Å². The number of rotatable bonds is 6. The summed E-state index contributed by atoms with van der Waals surface area (Å²) in [5.41, 5.74) is 3.63. The fraction of sp³-hybridized carbons (Fsp3) is 0.286. The number of aliphatic imine (C=N–C) groups is 1. The number of hydrogen-bond donors (Lipinski definition) is 3. The lowest BCUT2D eigenvalue weighted by Crippen LogP contribution is -2.39. The molecule has 3 aromatic rings. The maximum absolute atomic E-state index is 12.5. The number of nitrogens with one attached hydrogen (secondary N) is 2. The highest BCUT2D eigenvalue weighted by Gasteiger charge is 2.40. The monoisotopic (exact) mass is 406 g/mol. The van der Waals surface area contributed by atoms with Crippen molar-refractivity contribution in [2.45, 2.75) is 32.7 Å². The summed E-state index contributed by atoms with van der Waals surface area (Å²) in [6.45, 7) is 4.06. The minimum Gasteiger partial charge on any atom is -0.481 e. The second-order valence-corrected chi connectivity index (χ2v) is 7.24. The summed E-state index contributed by atoms with van der Waals surface area (Å²) in [7, 11) is 0. The summed E-state index contributed by atoms with van der Waals surface area (Å²) >= 11 is 0. The molecule has 1 saturated heterocycles. The van der Waals surface area contributed by atoms with Gasteiger partial charge in [-0.2, -0.15) is 0 Å². The van der Waals surface area contributed by atoms with Crippen LogP contribution in [-0.4, -0.2) is 50.5 Å². The van der Waals surface area contributed by atoms with E-state index in [0.717, 1.165) is 27.9 Å². The molecule has 0 bridgehead atoms. The van der Waals surface area contributed by atoms with Gasteiger partial charge in [-0.1, -0.05) is 18.2 Å². The number of fused-ring (bicyclic) bond motifs is 1. The van der Waals surface area contributed by atoms with Gasteiger partial charge in [-0.25, -0.2) is 9.97 Å². The van der Waals surface area contributed by atoms with Crippen molar-refractivity contribution in [3.05, 3.63) is 53.5 Å². The molecule has 1 unspecified atom stereocenters. The molecule has 2 aromatic heterocycles. The van der Waals surface area contributed by atoms with E-state index in [-0.39, 0.29) is 18.3 Å². The van der Waals surface area contributed by atoms with E-state index in [4.69, 9.17) is 0 Å². The third kappa shape index (κ3) is 3.86. The number of anilines is 1. The van der Waals surface area contributed by atoms with Crippen LogP contribution in [0, 0.1) is 13.8 Å². The first-order valence-corrected chi connectivity index (χ1v) is 9.66. The molecule has 1 amide bonds. The van der Waals surface area contributed by atoms with Gasteiger partial charge in [0.2, 0.25) is 11.9 Å². The lowest BCUT2D eigenvalue weighted by Gasteiger charge is -2.21. The van der Waals surface area contributed by atoms with E-state index >= 15 is 0 Å². The Bertz CT molecular complexity index is 1130. The van der Waals surface area contributed by atoms with Crippen molar-refractivity contribution in [2.24, 2.45) is 4.99 Å². The highest BCUT2D eigenvalue weighted by Crippen LogP contribution is 2.21. The number of aliphatic carboxylic acids is 1. The first kappa shape index (κ1) is 19.6. The molecule has 0 radical (unpaired) electrons. The van der Waals surface area contributed by atoms with Crippen molar-refractivity contribution in [1.82, 2.24) is 20.3 Å². The summed E-state index contributed by atoms with van der Waals surface area (Å²) in [4.78, 5) is 41.9. The Morgan fingerprint density at radius 2 is 1.97 bits per heavy atom. The summed E-state index contributed by atoms with van der Waals surface area (Å²) in [6, 6.07) is 8.88. The SMILES string of the molecule is Cc1cc(C)nc(N2C(=NCCc3c[nH]c4ccccc34)NC(=O)C2CC(=O)O)n1. The molecule has 3 N–H and O–H groups in total. The minimum atomic E-state index is -1.08. The summed E-state index contributed by atoms with van der Waals surface area (Å²) < 4.78 is 0. The smallest absolute Gasteiger partial charge is 0.306 e. The van der Waals surface area contributed by atoms with Crippen LogP contribution in [0.4, 0.5) is 5.95 Å². The van der Waals surface area contributed by atoms with Crippen LogP contribution in [0.5, 0.6) is 0 Å². The molecule has 0 saturated carbocycles. The number of carbonyl (C=O) groups excluding carboxylic acids is 1. The molecule has 3 heterocycles. The van der Waals surface area contributed by atoms with Gasteiger partial charge in [-0.05, 0) is 38.0 Å². The van der Waals surface area contributed by atoms with Gasteiger partial charge in [-0.3, -0.25) is 24.8 Å². The molecule has 0 aliphatic carbocycles. The number of aryl methyl sites for hydroxylation is 2. The van der Waals surface area contributed by atoms with E-state index < -0.39 is 17.9 Å². The standard InChI is InChI=1S/C21H22N6O3/c1-12-9-13(2)25-21(24-12)27-17(10-18(28)29)19(30)26-20(27)22-8-7-14-11-23-16-6-4-3-5-15(14)16/h3-6,9,11,17,23H,7-8,10H2,1-2H3,(H,28,29)(H,22,26,30). The topological polar surface area (TPSA) is 124 Å². The Hall–Kier alpha value is -3.75. The second kappa shape index (κ2) is 7.94. The van der Waals surface area contributed by atoms with E-state index in [9.17, 15) is 14.7 Å². The van der Waals surface area contributed by atoms with Crippen molar-refractivity contribution < 1.29 is 14.7 Å². The quantitative estimate of drug-likeness (QED) is 0.575. The number of guanidine groups is 1. The predicted octanol–water partition coefficient (Wildman–Crippen LogP) is 1.95. The van der Waals surface area contributed by atoms with Gasteiger partial charge in [0, 0.05) is 35.0 Å². The van der Waals surface area contributed by atoms with Gasteiger partial charge in [-0.15, -0.1) is 0 Å². The number of hydrogen-bond acceptors (Lipinski definition) is 5. The van der Waals surface area contributed by atoms with Crippen molar-refractivity contribution in [1.29, 1.82) is 0 Å². The number of benzene rings is 1. The maximum atomic E-state index is 12.5. The number of carboxylic acid groups (broad SMARTS) is 1. The molecule has 1 atom stereocenters. The number of carboxylic acids is 1. The molecule has 1 aliphatic heterocycles. The van der Waals surface area contributed by atoms with Gasteiger partial charge < -0.3 is 10.1 Å². The molecule has 1 aliphatic rings. The molecule has 30 heavy (non-hydrogen) atoms. The van der Waals surface area contributed by atoms with Crippen LogP contribution >= 0.6 is 0 Å². The van der Waals surface area contributed by atoms with E-state index in [1.807, 2.05) is 50.4 Å². The Balaban J connectivity index is 1.62. The molecular formula is C21H22N6O3. The van der Waals surface area contributed by atoms with Crippen LogP contribution in [0.15, 0.2) is 41.5 Å². The van der Waals surface area contributed by atoms with E-state index in [0.29, 0.717) is 13.0 Å². The largest absolute Gasteiger partial charge is 0.481 e. The highest BCUT2D eigenvalue weighted by molar-refractivity contribution is 6.16. The van der Waals surface area contributed by atoms with Crippen molar-refractivity contribution in [2.75, 3.05) is 11.4 Å². The highest BCUT2D eigenvalue weighted by atomic mass is 16.4. The van der Waals surface area contributed by atoms with Crippen molar-refractivity contribution in [3.8, 4) is 0 Å². The Labute approximate surface area is 172 Å². The lowest BCUT2D eigenvalue weighted by atomic mass is 10.1. The van der Waals surface area contributed by atoms with Crippen molar-refractivity contribution in [3.63, 3.8) is 0 Å². The Morgan fingerprint density at radius 1 is 1.23 bits per heavy atom. The number of H-pyrrole nitrogens is 1. The van der Waals surface area contributed by atoms with Crippen LogP contribution < -0.4 is 10.2 Å². The van der Waals surface area contributed by atoms with Gasteiger partial charge in [0.1, 0.15) is 6.04 Å². The Morgan fingerprint density at radius 3 is 2.70 bits per heavy atom. The van der Waals surface area contributed by atoms with Gasteiger partial charge in [0.15, 0.2) is 0 Å². The zero-order valence-corrected chi connectivity index (χ0v) is 16.7. The van der Waals surface area contributed by atoms with Gasteiger partial charge in [0.05, 0.1) is 6.42 Å². The average Bonchev–Trinajstić information content (AvgIpc) is 3.22. The first-order chi connectivity index (χ1) is 14.4. The summed E-state index contributed by atoms with van der Waals surface area (Å²) in [5.74, 6) is -0.963. The summed E-state index contributed by atoms with van der Waals surface area (Å²) in [5, 5.41) is 13.1. The van der Waals surface area contributed by atoms with E-state index in [1.165, 1.54) is 4.90 Å². The minimum absolute atomic E-state index is 0.267. The number of nitrogens with zero attached hydrogens (tertiary/aromatic N) is 4. The number of aromatic amines is 1. The van der Waals surface area contributed by atoms with Crippen LogP contribution in [0.1, 0.15) is 23.4 Å². The maximum Gasteiger partial charge on any atom is 0.306 e. The summed E-state index contributed by atoms with van der Waals surface area (Å²) in [6.07, 6.45) is 2.24. The van der Waals surface area contributed by atoms with Crippen molar-refractivity contribution >= 4 is 34.7 Å². The van der Waals surface area contributed by atoms with Crippen LogP contribution in [0.2, 0.25) is 0 Å².